The van der Waals surface area contributed by atoms with Gasteiger partial charge in [0.05, 0.1) is 30.2 Å². The van der Waals surface area contributed by atoms with Gasteiger partial charge in [-0.3, -0.25) is 4.98 Å². The zero-order valence-corrected chi connectivity index (χ0v) is 10.1. The van der Waals surface area contributed by atoms with Crippen molar-refractivity contribution in [2.24, 2.45) is 0 Å². The summed E-state index contributed by atoms with van der Waals surface area (Å²) in [7, 11) is 1.40. The van der Waals surface area contributed by atoms with Crippen LogP contribution in [0.5, 0.6) is 5.75 Å². The molecule has 0 atom stereocenters. The molecule has 0 aliphatic rings. The number of aromatic carboxylic acids is 1. The number of pyridine rings is 1. The minimum Gasteiger partial charge on any atom is -0.494 e. The lowest BCUT2D eigenvalue weighted by atomic mass is 10.2. The molecule has 0 amide bonds. The van der Waals surface area contributed by atoms with E-state index in [2.05, 4.69) is 10.3 Å². The van der Waals surface area contributed by atoms with Crippen LogP contribution in [0.2, 0.25) is 0 Å². The maximum absolute atomic E-state index is 13.1. The third-order valence-electron chi connectivity index (χ3n) is 2.48. The summed E-state index contributed by atoms with van der Waals surface area (Å²) < 4.78 is 18.1. The zero-order valence-electron chi connectivity index (χ0n) is 10.1. The molecule has 1 aromatic carbocycles. The SMILES string of the molecule is COc1cc(F)ccc1Nc1cnccc1C(=O)O. The third-order valence-corrected chi connectivity index (χ3v) is 2.48. The molecule has 5 nitrogen and oxygen atoms in total. The molecule has 2 N–H and O–H groups in total. The van der Waals surface area contributed by atoms with E-state index in [0.29, 0.717) is 11.4 Å². The van der Waals surface area contributed by atoms with Crippen molar-refractivity contribution >= 4 is 17.3 Å². The highest BCUT2D eigenvalue weighted by Crippen LogP contribution is 2.29. The molecule has 0 aliphatic carbocycles. The van der Waals surface area contributed by atoms with E-state index in [4.69, 9.17) is 9.84 Å². The number of rotatable bonds is 4. The van der Waals surface area contributed by atoms with E-state index in [1.807, 2.05) is 0 Å². The monoisotopic (exact) mass is 262 g/mol. The average molecular weight is 262 g/mol. The van der Waals surface area contributed by atoms with Crippen molar-refractivity contribution in [1.82, 2.24) is 4.98 Å². The van der Waals surface area contributed by atoms with Gasteiger partial charge in [0.25, 0.3) is 0 Å². The lowest BCUT2D eigenvalue weighted by Crippen LogP contribution is -2.04. The van der Waals surface area contributed by atoms with Crippen molar-refractivity contribution in [1.29, 1.82) is 0 Å². The standard InChI is InChI=1S/C13H11FN2O3/c1-19-12-6-8(14)2-3-10(12)16-11-7-15-5-4-9(11)13(17)18/h2-7,16H,1H3,(H,17,18). The molecular formula is C13H11FN2O3. The first-order chi connectivity index (χ1) is 9.11. The van der Waals surface area contributed by atoms with Crippen LogP contribution in [0, 0.1) is 5.82 Å². The number of ether oxygens (including phenoxy) is 1. The summed E-state index contributed by atoms with van der Waals surface area (Å²) in [5, 5.41) is 11.9. The number of carboxylic acid groups (broad SMARTS) is 1. The van der Waals surface area contributed by atoms with Crippen LogP contribution in [-0.4, -0.2) is 23.2 Å². The van der Waals surface area contributed by atoms with E-state index in [1.54, 1.807) is 0 Å². The predicted molar refractivity (Wildman–Crippen MR) is 67.4 cm³/mol. The molecule has 0 radical (unpaired) electrons. The largest absolute Gasteiger partial charge is 0.494 e. The molecule has 0 aliphatic heterocycles. The summed E-state index contributed by atoms with van der Waals surface area (Å²) in [4.78, 5) is 14.9. The molecule has 98 valence electrons. The van der Waals surface area contributed by atoms with Crippen molar-refractivity contribution in [2.45, 2.75) is 0 Å². The molecule has 2 aromatic rings. The predicted octanol–water partition coefficient (Wildman–Crippen LogP) is 2.67. The first-order valence-corrected chi connectivity index (χ1v) is 5.39. The van der Waals surface area contributed by atoms with E-state index in [-0.39, 0.29) is 11.3 Å². The van der Waals surface area contributed by atoms with Crippen LogP contribution >= 0.6 is 0 Å². The van der Waals surface area contributed by atoms with E-state index in [0.717, 1.165) is 0 Å². The van der Waals surface area contributed by atoms with Crippen LogP contribution in [0.4, 0.5) is 15.8 Å². The van der Waals surface area contributed by atoms with Gasteiger partial charge >= 0.3 is 5.97 Å². The second-order valence-electron chi connectivity index (χ2n) is 3.70. The van der Waals surface area contributed by atoms with Crippen molar-refractivity contribution in [3.8, 4) is 5.75 Å². The van der Waals surface area contributed by atoms with E-state index in [9.17, 15) is 9.18 Å². The Bertz CT molecular complexity index is 617. The second-order valence-corrected chi connectivity index (χ2v) is 3.70. The van der Waals surface area contributed by atoms with E-state index in [1.165, 1.54) is 43.8 Å². The fraction of sp³-hybridized carbons (Fsp3) is 0.0769. The maximum atomic E-state index is 13.1. The van der Waals surface area contributed by atoms with Crippen LogP contribution in [0.15, 0.2) is 36.7 Å². The molecule has 2 rings (SSSR count). The van der Waals surface area contributed by atoms with E-state index >= 15 is 0 Å². The quantitative estimate of drug-likeness (QED) is 0.886. The Hall–Kier alpha value is -2.63. The first-order valence-electron chi connectivity index (χ1n) is 5.39. The number of hydrogen-bond acceptors (Lipinski definition) is 4. The molecule has 6 heteroatoms. The van der Waals surface area contributed by atoms with Crippen molar-refractivity contribution in [3.63, 3.8) is 0 Å². The molecular weight excluding hydrogens is 251 g/mol. The molecule has 0 saturated heterocycles. The third kappa shape index (κ3) is 2.79. The van der Waals surface area contributed by atoms with Gasteiger partial charge in [-0.1, -0.05) is 0 Å². The number of benzene rings is 1. The van der Waals surface area contributed by atoms with Crippen LogP contribution in [0.1, 0.15) is 10.4 Å². The van der Waals surface area contributed by atoms with Gasteiger partial charge in [0.1, 0.15) is 11.6 Å². The molecule has 0 saturated carbocycles. The van der Waals surface area contributed by atoms with Crippen molar-refractivity contribution in [2.75, 3.05) is 12.4 Å². The number of methoxy groups -OCH3 is 1. The smallest absolute Gasteiger partial charge is 0.337 e. The number of hydrogen-bond donors (Lipinski definition) is 2. The molecule has 19 heavy (non-hydrogen) atoms. The van der Waals surface area contributed by atoms with Gasteiger partial charge < -0.3 is 15.2 Å². The average Bonchev–Trinajstić information content (AvgIpc) is 2.41. The Labute approximate surface area is 108 Å². The number of halogens is 1. The molecule has 0 bridgehead atoms. The van der Waals surface area contributed by atoms with Gasteiger partial charge in [-0.15, -0.1) is 0 Å². The summed E-state index contributed by atoms with van der Waals surface area (Å²) in [5.41, 5.74) is 0.834. The summed E-state index contributed by atoms with van der Waals surface area (Å²) >= 11 is 0. The van der Waals surface area contributed by atoms with Gasteiger partial charge in [-0.25, -0.2) is 9.18 Å². The highest BCUT2D eigenvalue weighted by atomic mass is 19.1. The minimum absolute atomic E-state index is 0.0707. The number of carbonyl (C=O) groups is 1. The highest BCUT2D eigenvalue weighted by molar-refractivity contribution is 5.95. The number of nitrogens with one attached hydrogen (secondary N) is 1. The van der Waals surface area contributed by atoms with Crippen LogP contribution in [0.25, 0.3) is 0 Å². The highest BCUT2D eigenvalue weighted by Gasteiger charge is 2.12. The first kappa shape index (κ1) is 12.8. The minimum atomic E-state index is -1.08. The fourth-order valence-corrected chi connectivity index (χ4v) is 1.59. The van der Waals surface area contributed by atoms with Gasteiger partial charge in [-0.05, 0) is 18.2 Å². The Morgan fingerprint density at radius 3 is 2.84 bits per heavy atom. The topological polar surface area (TPSA) is 71.5 Å². The zero-order chi connectivity index (χ0) is 13.8. The Balaban J connectivity index is 2.39. The van der Waals surface area contributed by atoms with Crippen molar-refractivity contribution in [3.05, 3.63) is 48.0 Å². The van der Waals surface area contributed by atoms with Gasteiger partial charge in [0.15, 0.2) is 0 Å². The number of nitrogens with zero attached hydrogens (tertiary/aromatic N) is 1. The molecule has 0 spiro atoms. The summed E-state index contributed by atoms with van der Waals surface area (Å²) in [6.07, 6.45) is 2.77. The molecule has 1 heterocycles. The Kier molecular flexibility index (Phi) is 3.61. The maximum Gasteiger partial charge on any atom is 0.337 e. The normalized spacial score (nSPS) is 10.0. The lowest BCUT2D eigenvalue weighted by molar-refractivity contribution is 0.0698. The van der Waals surface area contributed by atoms with E-state index < -0.39 is 11.8 Å². The lowest BCUT2D eigenvalue weighted by Gasteiger charge is -2.12. The van der Waals surface area contributed by atoms with Crippen LogP contribution in [-0.2, 0) is 0 Å². The number of carboxylic acids is 1. The number of anilines is 2. The summed E-state index contributed by atoms with van der Waals surface area (Å²) in [5.74, 6) is -1.24. The molecule has 1 aromatic heterocycles. The Morgan fingerprint density at radius 2 is 2.16 bits per heavy atom. The number of aromatic nitrogens is 1. The summed E-state index contributed by atoms with van der Waals surface area (Å²) in [6, 6.07) is 5.30. The van der Waals surface area contributed by atoms with Crippen LogP contribution in [0.3, 0.4) is 0 Å². The second kappa shape index (κ2) is 5.34. The van der Waals surface area contributed by atoms with Gasteiger partial charge in [-0.2, -0.15) is 0 Å². The van der Waals surface area contributed by atoms with Crippen molar-refractivity contribution < 1.29 is 19.0 Å². The Morgan fingerprint density at radius 1 is 1.37 bits per heavy atom. The molecule has 0 unspecified atom stereocenters. The van der Waals surface area contributed by atoms with Crippen LogP contribution < -0.4 is 10.1 Å². The van der Waals surface area contributed by atoms with Gasteiger partial charge in [0, 0.05) is 12.3 Å². The van der Waals surface area contributed by atoms with Gasteiger partial charge in [0.2, 0.25) is 0 Å². The summed E-state index contributed by atoms with van der Waals surface area (Å²) in [6.45, 7) is 0. The molecule has 0 fully saturated rings. The fourth-order valence-electron chi connectivity index (χ4n) is 1.59.